The Bertz CT molecular complexity index is 218. The number of rotatable bonds is 5. The molecule has 0 saturated carbocycles. The van der Waals surface area contributed by atoms with Crippen LogP contribution in [-0.4, -0.2) is 25.0 Å². The van der Waals surface area contributed by atoms with E-state index in [1.807, 2.05) is 0 Å². The summed E-state index contributed by atoms with van der Waals surface area (Å²) < 4.78 is 0. The van der Waals surface area contributed by atoms with Gasteiger partial charge in [0, 0.05) is 12.5 Å². The minimum Gasteiger partial charge on any atom is -0.353 e. The molecule has 3 heteroatoms. The highest BCUT2D eigenvalue weighted by Crippen LogP contribution is 2.13. The maximum Gasteiger partial charge on any atom is 0.220 e. The average Bonchev–Trinajstić information content (AvgIpc) is 2.21. The molecule has 1 rings (SSSR count). The Morgan fingerprint density at radius 2 is 2.31 bits per heavy atom. The summed E-state index contributed by atoms with van der Waals surface area (Å²) in [5.41, 5.74) is 0. The summed E-state index contributed by atoms with van der Waals surface area (Å²) in [4.78, 5) is 11.8. The lowest BCUT2D eigenvalue weighted by atomic mass is 9.94. The van der Waals surface area contributed by atoms with Crippen LogP contribution in [0.5, 0.6) is 0 Å². The molecule has 0 aromatic carbocycles. The first-order valence-corrected chi connectivity index (χ1v) is 6.63. The van der Waals surface area contributed by atoms with E-state index in [1.165, 1.54) is 0 Å². The summed E-state index contributed by atoms with van der Waals surface area (Å²) in [5, 5.41) is 6.53. The van der Waals surface area contributed by atoms with Crippen molar-refractivity contribution in [3.63, 3.8) is 0 Å². The van der Waals surface area contributed by atoms with Crippen LogP contribution in [0.2, 0.25) is 0 Å². The molecule has 3 atom stereocenters. The van der Waals surface area contributed by atoms with E-state index >= 15 is 0 Å². The molecule has 1 fully saturated rings. The molecule has 1 saturated heterocycles. The van der Waals surface area contributed by atoms with E-state index in [0.717, 1.165) is 32.4 Å². The van der Waals surface area contributed by atoms with Crippen LogP contribution in [0.15, 0.2) is 0 Å². The van der Waals surface area contributed by atoms with Crippen LogP contribution in [0, 0.1) is 11.8 Å². The van der Waals surface area contributed by atoms with Gasteiger partial charge in [-0.15, -0.1) is 0 Å². The highest BCUT2D eigenvalue weighted by Gasteiger charge is 2.22. The van der Waals surface area contributed by atoms with Crippen molar-refractivity contribution in [2.24, 2.45) is 11.8 Å². The average molecular weight is 226 g/mol. The molecule has 1 aliphatic heterocycles. The summed E-state index contributed by atoms with van der Waals surface area (Å²) in [6.07, 6.45) is 4.06. The monoisotopic (exact) mass is 226 g/mol. The van der Waals surface area contributed by atoms with Gasteiger partial charge in [0.15, 0.2) is 0 Å². The zero-order valence-electron chi connectivity index (χ0n) is 10.9. The molecule has 0 aromatic rings. The summed E-state index contributed by atoms with van der Waals surface area (Å²) >= 11 is 0. The summed E-state index contributed by atoms with van der Waals surface area (Å²) in [7, 11) is 0. The van der Waals surface area contributed by atoms with Crippen molar-refractivity contribution in [2.75, 3.05) is 13.1 Å². The Hall–Kier alpha value is -0.570. The van der Waals surface area contributed by atoms with Gasteiger partial charge in [-0.1, -0.05) is 33.6 Å². The molecule has 1 heterocycles. The molecule has 0 bridgehead atoms. The number of nitrogens with one attached hydrogen (secondary N) is 2. The van der Waals surface area contributed by atoms with E-state index in [-0.39, 0.29) is 5.91 Å². The van der Waals surface area contributed by atoms with Gasteiger partial charge >= 0.3 is 0 Å². The third-order valence-corrected chi connectivity index (χ3v) is 3.45. The molecule has 0 aliphatic carbocycles. The Balaban J connectivity index is 2.27. The van der Waals surface area contributed by atoms with Gasteiger partial charge in [-0.25, -0.2) is 0 Å². The lowest BCUT2D eigenvalue weighted by Gasteiger charge is -2.30. The molecule has 94 valence electrons. The van der Waals surface area contributed by atoms with E-state index in [0.29, 0.717) is 24.3 Å². The molecule has 1 aliphatic rings. The molecule has 16 heavy (non-hydrogen) atoms. The lowest BCUT2D eigenvalue weighted by Crippen LogP contribution is -2.48. The Morgan fingerprint density at radius 1 is 1.56 bits per heavy atom. The van der Waals surface area contributed by atoms with Crippen molar-refractivity contribution < 1.29 is 4.79 Å². The van der Waals surface area contributed by atoms with E-state index in [2.05, 4.69) is 31.4 Å². The van der Waals surface area contributed by atoms with Gasteiger partial charge in [-0.3, -0.25) is 4.79 Å². The van der Waals surface area contributed by atoms with Crippen molar-refractivity contribution in [3.05, 3.63) is 0 Å². The maximum absolute atomic E-state index is 11.8. The van der Waals surface area contributed by atoms with Crippen molar-refractivity contribution >= 4 is 5.91 Å². The Morgan fingerprint density at radius 3 is 2.94 bits per heavy atom. The van der Waals surface area contributed by atoms with Gasteiger partial charge in [0.2, 0.25) is 5.91 Å². The van der Waals surface area contributed by atoms with Crippen molar-refractivity contribution in [2.45, 2.75) is 52.5 Å². The summed E-state index contributed by atoms with van der Waals surface area (Å²) in [6.45, 7) is 8.58. The molecular formula is C13H26N2O. The normalized spacial score (nSPS) is 27.4. The predicted molar refractivity (Wildman–Crippen MR) is 67.3 cm³/mol. The smallest absolute Gasteiger partial charge is 0.220 e. The van der Waals surface area contributed by atoms with Crippen molar-refractivity contribution in [1.82, 2.24) is 10.6 Å². The number of carbonyl (C=O) groups is 1. The largest absolute Gasteiger partial charge is 0.353 e. The quantitative estimate of drug-likeness (QED) is 0.752. The fraction of sp³-hybridized carbons (Fsp3) is 0.923. The number of hydrogen-bond acceptors (Lipinski definition) is 2. The molecule has 3 nitrogen and oxygen atoms in total. The van der Waals surface area contributed by atoms with Gasteiger partial charge in [0.05, 0.1) is 0 Å². The molecule has 0 radical (unpaired) electrons. The Labute approximate surface area is 99.4 Å². The molecule has 2 N–H and O–H groups in total. The topological polar surface area (TPSA) is 41.1 Å². The van der Waals surface area contributed by atoms with Crippen LogP contribution in [0.1, 0.15) is 46.5 Å². The second-order valence-electron chi connectivity index (χ2n) is 5.24. The minimum atomic E-state index is 0.236. The fourth-order valence-corrected chi connectivity index (χ4v) is 2.41. The van der Waals surface area contributed by atoms with E-state index in [4.69, 9.17) is 0 Å². The van der Waals surface area contributed by atoms with Crippen LogP contribution in [0.4, 0.5) is 0 Å². The third-order valence-electron chi connectivity index (χ3n) is 3.45. The number of carbonyl (C=O) groups excluding carboxylic acids is 1. The van der Waals surface area contributed by atoms with E-state index < -0.39 is 0 Å². The van der Waals surface area contributed by atoms with Gasteiger partial charge in [0.1, 0.15) is 0 Å². The van der Waals surface area contributed by atoms with E-state index in [1.54, 1.807) is 0 Å². The zero-order valence-corrected chi connectivity index (χ0v) is 10.9. The van der Waals surface area contributed by atoms with Gasteiger partial charge in [-0.05, 0) is 31.3 Å². The number of piperidine rings is 1. The van der Waals surface area contributed by atoms with Gasteiger partial charge in [0.25, 0.3) is 0 Å². The summed E-state index contributed by atoms with van der Waals surface area (Å²) in [5.74, 6) is 1.31. The molecule has 0 spiro atoms. The summed E-state index contributed by atoms with van der Waals surface area (Å²) in [6, 6.07) is 0.377. The number of hydrogen-bond donors (Lipinski definition) is 2. The molecule has 3 unspecified atom stereocenters. The van der Waals surface area contributed by atoms with Crippen LogP contribution in [-0.2, 0) is 4.79 Å². The van der Waals surface area contributed by atoms with Gasteiger partial charge in [-0.2, -0.15) is 0 Å². The standard InChI is InChI=1S/C13H26N2O/c1-4-5-10(2)8-13(16)15-12-6-7-14-9-11(12)3/h10-12,14H,4-9H2,1-3H3,(H,15,16). The predicted octanol–water partition coefficient (Wildman–Crippen LogP) is 1.93. The highest BCUT2D eigenvalue weighted by atomic mass is 16.1. The Kier molecular flexibility index (Phi) is 5.81. The lowest BCUT2D eigenvalue weighted by molar-refractivity contribution is -0.123. The first-order chi connectivity index (χ1) is 7.63. The van der Waals surface area contributed by atoms with Crippen molar-refractivity contribution in [3.8, 4) is 0 Å². The maximum atomic E-state index is 11.8. The van der Waals surface area contributed by atoms with Crippen LogP contribution >= 0.6 is 0 Å². The highest BCUT2D eigenvalue weighted by molar-refractivity contribution is 5.76. The van der Waals surface area contributed by atoms with Crippen LogP contribution < -0.4 is 10.6 Å². The molecule has 1 amide bonds. The second-order valence-corrected chi connectivity index (χ2v) is 5.24. The number of amides is 1. The zero-order chi connectivity index (χ0) is 12.0. The van der Waals surface area contributed by atoms with Gasteiger partial charge < -0.3 is 10.6 Å². The molecular weight excluding hydrogens is 200 g/mol. The van der Waals surface area contributed by atoms with Crippen LogP contribution in [0.25, 0.3) is 0 Å². The minimum absolute atomic E-state index is 0.236. The second kappa shape index (κ2) is 6.89. The molecule has 0 aromatic heterocycles. The first kappa shape index (κ1) is 13.5. The SMILES string of the molecule is CCCC(C)CC(=O)NC1CCNCC1C. The third kappa shape index (κ3) is 4.52. The van der Waals surface area contributed by atoms with Crippen LogP contribution in [0.3, 0.4) is 0 Å². The first-order valence-electron chi connectivity index (χ1n) is 6.63. The van der Waals surface area contributed by atoms with E-state index in [9.17, 15) is 4.79 Å². The van der Waals surface area contributed by atoms with Crippen molar-refractivity contribution in [1.29, 1.82) is 0 Å². The fourth-order valence-electron chi connectivity index (χ4n) is 2.41.